The van der Waals surface area contributed by atoms with E-state index in [1.807, 2.05) is 31.2 Å². The minimum absolute atomic E-state index is 0.170. The van der Waals surface area contributed by atoms with Crippen LogP contribution in [0, 0.1) is 6.92 Å². The smallest absolute Gasteiger partial charge is 0.168 e. The van der Waals surface area contributed by atoms with Gasteiger partial charge >= 0.3 is 0 Å². The number of aromatic nitrogens is 2. The van der Waals surface area contributed by atoms with Gasteiger partial charge in [-0.25, -0.2) is 9.97 Å². The summed E-state index contributed by atoms with van der Waals surface area (Å²) in [6.07, 6.45) is 2.02. The van der Waals surface area contributed by atoms with Crippen LogP contribution >= 0.6 is 0 Å². The van der Waals surface area contributed by atoms with Crippen LogP contribution < -0.4 is 10.5 Å². The van der Waals surface area contributed by atoms with Gasteiger partial charge in [-0.3, -0.25) is 4.79 Å². The number of nitrogens with zero attached hydrogens (tertiary/aromatic N) is 2. The molecule has 5 nitrogen and oxygen atoms in total. The number of nitrogens with two attached hydrogens (primary N) is 1. The maximum absolute atomic E-state index is 10.6. The van der Waals surface area contributed by atoms with Crippen molar-refractivity contribution < 1.29 is 9.53 Å². The van der Waals surface area contributed by atoms with Gasteiger partial charge < -0.3 is 10.5 Å². The topological polar surface area (TPSA) is 78.1 Å². The van der Waals surface area contributed by atoms with Crippen LogP contribution in [-0.4, -0.2) is 16.3 Å². The second-order valence-corrected chi connectivity index (χ2v) is 3.80. The molecule has 2 N–H and O–H groups in total. The molecule has 1 aromatic carbocycles. The minimum atomic E-state index is 0.170. The molecule has 0 saturated heterocycles. The van der Waals surface area contributed by atoms with Crippen molar-refractivity contribution >= 4 is 12.1 Å². The number of nitrogen functional groups attached to an aromatic ring is 1. The number of aryl methyl sites for hydroxylation is 1. The maximum Gasteiger partial charge on any atom is 0.168 e. The monoisotopic (exact) mass is 243 g/mol. The van der Waals surface area contributed by atoms with Gasteiger partial charge in [-0.1, -0.05) is 18.2 Å². The summed E-state index contributed by atoms with van der Waals surface area (Å²) in [5, 5.41) is 0. The van der Waals surface area contributed by atoms with E-state index in [4.69, 9.17) is 10.5 Å². The molecule has 0 aliphatic heterocycles. The summed E-state index contributed by atoms with van der Waals surface area (Å²) in [6, 6.07) is 7.67. The Balaban J connectivity index is 2.09. The molecule has 2 rings (SSSR count). The zero-order valence-corrected chi connectivity index (χ0v) is 9.96. The lowest BCUT2D eigenvalue weighted by Gasteiger charge is -2.08. The number of carbonyl (C=O) groups excluding carboxylic acids is 1. The lowest BCUT2D eigenvalue weighted by molar-refractivity contribution is 0.112. The van der Waals surface area contributed by atoms with Crippen molar-refractivity contribution in [2.24, 2.45) is 0 Å². The van der Waals surface area contributed by atoms with Crippen LogP contribution in [0.3, 0.4) is 0 Å². The van der Waals surface area contributed by atoms with Gasteiger partial charge in [-0.2, -0.15) is 0 Å². The fourth-order valence-electron chi connectivity index (χ4n) is 1.46. The number of hydrogen-bond acceptors (Lipinski definition) is 5. The highest BCUT2D eigenvalue weighted by molar-refractivity contribution is 5.80. The van der Waals surface area contributed by atoms with Gasteiger partial charge in [0.15, 0.2) is 12.1 Å². The summed E-state index contributed by atoms with van der Waals surface area (Å²) in [5.74, 6) is 1.39. The maximum atomic E-state index is 10.6. The Morgan fingerprint density at radius 1 is 1.39 bits per heavy atom. The quantitative estimate of drug-likeness (QED) is 0.828. The second-order valence-electron chi connectivity index (χ2n) is 3.80. The number of carbonyl (C=O) groups is 1. The van der Waals surface area contributed by atoms with E-state index in [1.54, 1.807) is 0 Å². The van der Waals surface area contributed by atoms with Gasteiger partial charge in [-0.15, -0.1) is 0 Å². The van der Waals surface area contributed by atoms with E-state index < -0.39 is 0 Å². The van der Waals surface area contributed by atoms with E-state index in [2.05, 4.69) is 9.97 Å². The fourth-order valence-corrected chi connectivity index (χ4v) is 1.46. The lowest BCUT2D eigenvalue weighted by atomic mass is 10.2. The van der Waals surface area contributed by atoms with Crippen molar-refractivity contribution in [3.63, 3.8) is 0 Å². The first-order valence-corrected chi connectivity index (χ1v) is 5.45. The Kier molecular flexibility index (Phi) is 3.52. The summed E-state index contributed by atoms with van der Waals surface area (Å²) in [4.78, 5) is 18.6. The number of anilines is 1. The van der Waals surface area contributed by atoms with Gasteiger partial charge in [0.2, 0.25) is 0 Å². The van der Waals surface area contributed by atoms with Crippen LogP contribution in [0.15, 0.2) is 30.5 Å². The largest absolute Gasteiger partial charge is 0.485 e. The highest BCUT2D eigenvalue weighted by Gasteiger charge is 2.05. The standard InChI is InChI=1S/C13H13N3O2/c1-9-4-2-3-5-11(9)18-8-12-15-6-10(7-17)13(14)16-12/h2-7H,8H2,1H3,(H2,14,15,16). The SMILES string of the molecule is Cc1ccccc1OCc1ncc(C=O)c(N)n1. The predicted molar refractivity (Wildman–Crippen MR) is 67.3 cm³/mol. The Morgan fingerprint density at radius 2 is 2.17 bits per heavy atom. The molecule has 0 aliphatic carbocycles. The molecule has 0 bridgehead atoms. The molecule has 1 heterocycles. The number of benzene rings is 1. The first-order chi connectivity index (χ1) is 8.70. The Bertz CT molecular complexity index is 570. The van der Waals surface area contributed by atoms with Crippen molar-refractivity contribution in [2.45, 2.75) is 13.5 Å². The fraction of sp³-hybridized carbons (Fsp3) is 0.154. The molecule has 0 radical (unpaired) electrons. The molecule has 0 fully saturated rings. The summed E-state index contributed by atoms with van der Waals surface area (Å²) >= 11 is 0. The number of hydrogen-bond donors (Lipinski definition) is 1. The Labute approximate surface area is 105 Å². The molecule has 5 heteroatoms. The zero-order valence-electron chi connectivity index (χ0n) is 9.96. The van der Waals surface area contributed by atoms with Crippen LogP contribution in [0.25, 0.3) is 0 Å². The third kappa shape index (κ3) is 2.63. The van der Waals surface area contributed by atoms with Gasteiger partial charge in [0.05, 0.1) is 5.56 Å². The van der Waals surface area contributed by atoms with Crippen molar-refractivity contribution in [2.75, 3.05) is 5.73 Å². The molecule has 0 unspecified atom stereocenters. The first-order valence-electron chi connectivity index (χ1n) is 5.45. The van der Waals surface area contributed by atoms with E-state index in [-0.39, 0.29) is 18.0 Å². The molecule has 0 spiro atoms. The zero-order chi connectivity index (χ0) is 13.0. The summed E-state index contributed by atoms with van der Waals surface area (Å²) in [7, 11) is 0. The number of ether oxygens (including phenoxy) is 1. The summed E-state index contributed by atoms with van der Waals surface area (Å²) in [5.41, 5.74) is 6.92. The predicted octanol–water partition coefficient (Wildman–Crippen LogP) is 1.76. The van der Waals surface area contributed by atoms with Crippen molar-refractivity contribution in [1.29, 1.82) is 0 Å². The molecule has 0 atom stereocenters. The summed E-state index contributed by atoms with van der Waals surface area (Å²) < 4.78 is 5.58. The molecular formula is C13H13N3O2. The van der Waals surface area contributed by atoms with Crippen LogP contribution in [0.4, 0.5) is 5.82 Å². The molecule has 0 saturated carbocycles. The van der Waals surface area contributed by atoms with E-state index in [1.165, 1.54) is 6.20 Å². The normalized spacial score (nSPS) is 10.1. The molecular weight excluding hydrogens is 230 g/mol. The lowest BCUT2D eigenvalue weighted by Crippen LogP contribution is -2.06. The molecule has 18 heavy (non-hydrogen) atoms. The minimum Gasteiger partial charge on any atom is -0.485 e. The Morgan fingerprint density at radius 3 is 2.83 bits per heavy atom. The van der Waals surface area contributed by atoms with Crippen LogP contribution in [0.2, 0.25) is 0 Å². The highest BCUT2D eigenvalue weighted by atomic mass is 16.5. The van der Waals surface area contributed by atoms with Crippen molar-refractivity contribution in [3.8, 4) is 5.75 Å². The molecule has 0 aliphatic rings. The number of rotatable bonds is 4. The summed E-state index contributed by atoms with van der Waals surface area (Å²) in [6.45, 7) is 2.17. The van der Waals surface area contributed by atoms with E-state index in [0.29, 0.717) is 12.1 Å². The average molecular weight is 243 g/mol. The van der Waals surface area contributed by atoms with Crippen molar-refractivity contribution in [1.82, 2.24) is 9.97 Å². The number of aldehydes is 1. The average Bonchev–Trinajstić information content (AvgIpc) is 2.38. The highest BCUT2D eigenvalue weighted by Crippen LogP contribution is 2.17. The van der Waals surface area contributed by atoms with Crippen LogP contribution in [-0.2, 0) is 6.61 Å². The van der Waals surface area contributed by atoms with E-state index in [0.717, 1.165) is 11.3 Å². The number of para-hydroxylation sites is 1. The van der Waals surface area contributed by atoms with Gasteiger partial charge in [0.25, 0.3) is 0 Å². The van der Waals surface area contributed by atoms with Crippen LogP contribution in [0.5, 0.6) is 5.75 Å². The third-order valence-electron chi connectivity index (χ3n) is 2.48. The van der Waals surface area contributed by atoms with E-state index >= 15 is 0 Å². The third-order valence-corrected chi connectivity index (χ3v) is 2.48. The molecule has 92 valence electrons. The molecule has 0 amide bonds. The molecule has 2 aromatic rings. The van der Waals surface area contributed by atoms with Crippen LogP contribution in [0.1, 0.15) is 21.7 Å². The van der Waals surface area contributed by atoms with E-state index in [9.17, 15) is 4.79 Å². The van der Waals surface area contributed by atoms with Gasteiger partial charge in [0.1, 0.15) is 18.2 Å². The second kappa shape index (κ2) is 5.27. The van der Waals surface area contributed by atoms with Crippen molar-refractivity contribution in [3.05, 3.63) is 47.4 Å². The van der Waals surface area contributed by atoms with Gasteiger partial charge in [-0.05, 0) is 18.6 Å². The van der Waals surface area contributed by atoms with Gasteiger partial charge in [0, 0.05) is 6.20 Å². The Hall–Kier alpha value is -2.43. The molecule has 1 aromatic heterocycles. The first kappa shape index (κ1) is 12.0.